The van der Waals surface area contributed by atoms with Crippen molar-refractivity contribution in [2.45, 2.75) is 44.7 Å². The van der Waals surface area contributed by atoms with Crippen LogP contribution in [0, 0.1) is 0 Å². The second-order valence-electron chi connectivity index (χ2n) is 7.19. The van der Waals surface area contributed by atoms with E-state index in [0.29, 0.717) is 0 Å². The number of carbonyl (C=O) groups excluding carboxylic acids is 1. The molecular formula is C20H22F3NO. The van der Waals surface area contributed by atoms with Gasteiger partial charge in [0.05, 0.1) is 11.5 Å². The average Bonchev–Trinajstić information content (AvgIpc) is 2.51. The minimum atomic E-state index is -4.53. The number of hydrogen-bond acceptors (Lipinski definition) is 1. The van der Waals surface area contributed by atoms with Gasteiger partial charge in [-0.3, -0.25) is 4.79 Å². The Labute approximate surface area is 145 Å². The van der Waals surface area contributed by atoms with Gasteiger partial charge in [-0.2, -0.15) is 13.2 Å². The molecule has 0 spiro atoms. The lowest BCUT2D eigenvalue weighted by Crippen LogP contribution is -2.26. The first-order valence-electron chi connectivity index (χ1n) is 8.05. The zero-order valence-corrected chi connectivity index (χ0v) is 14.5. The fourth-order valence-electron chi connectivity index (χ4n) is 2.80. The third-order valence-corrected chi connectivity index (χ3v) is 4.24. The number of rotatable bonds is 4. The minimum absolute atomic E-state index is 0.0233. The lowest BCUT2D eigenvalue weighted by molar-refractivity contribution is -0.138. The molecule has 0 aliphatic heterocycles. The van der Waals surface area contributed by atoms with Crippen molar-refractivity contribution in [3.8, 4) is 0 Å². The first kappa shape index (κ1) is 19.0. The SMILES string of the molecule is CC(C)(C)c1ccc(CC(C(N)=O)c2ccccc2C(F)(F)F)cc1. The Morgan fingerprint density at radius 1 is 1.00 bits per heavy atom. The molecule has 0 saturated heterocycles. The molecule has 1 atom stereocenters. The Morgan fingerprint density at radius 3 is 2.04 bits per heavy atom. The summed E-state index contributed by atoms with van der Waals surface area (Å²) in [7, 11) is 0. The fourth-order valence-corrected chi connectivity index (χ4v) is 2.80. The molecule has 1 unspecified atom stereocenters. The van der Waals surface area contributed by atoms with Crippen LogP contribution in [-0.4, -0.2) is 5.91 Å². The van der Waals surface area contributed by atoms with Crippen LogP contribution in [0.3, 0.4) is 0 Å². The third-order valence-electron chi connectivity index (χ3n) is 4.24. The molecular weight excluding hydrogens is 327 g/mol. The van der Waals surface area contributed by atoms with Gasteiger partial charge in [-0.15, -0.1) is 0 Å². The largest absolute Gasteiger partial charge is 0.416 e. The van der Waals surface area contributed by atoms with Gasteiger partial charge in [0.25, 0.3) is 0 Å². The molecule has 5 heteroatoms. The van der Waals surface area contributed by atoms with Crippen molar-refractivity contribution in [3.05, 3.63) is 70.8 Å². The molecule has 25 heavy (non-hydrogen) atoms. The highest BCUT2D eigenvalue weighted by Crippen LogP contribution is 2.36. The van der Waals surface area contributed by atoms with E-state index in [9.17, 15) is 18.0 Å². The third kappa shape index (κ3) is 4.62. The molecule has 0 saturated carbocycles. The van der Waals surface area contributed by atoms with Crippen LogP contribution in [-0.2, 0) is 22.8 Å². The van der Waals surface area contributed by atoms with Gasteiger partial charge in [-0.1, -0.05) is 63.2 Å². The molecule has 1 amide bonds. The molecule has 0 bridgehead atoms. The van der Waals surface area contributed by atoms with Gasteiger partial charge in [0, 0.05) is 0 Å². The van der Waals surface area contributed by atoms with Gasteiger partial charge >= 0.3 is 6.18 Å². The molecule has 0 radical (unpaired) electrons. The summed E-state index contributed by atoms with van der Waals surface area (Å²) in [5, 5.41) is 0. The van der Waals surface area contributed by atoms with E-state index >= 15 is 0 Å². The predicted molar refractivity (Wildman–Crippen MR) is 92.2 cm³/mol. The topological polar surface area (TPSA) is 43.1 Å². The summed E-state index contributed by atoms with van der Waals surface area (Å²) in [6.07, 6.45) is -4.40. The lowest BCUT2D eigenvalue weighted by Gasteiger charge is -2.21. The van der Waals surface area contributed by atoms with Gasteiger partial charge in [0.1, 0.15) is 0 Å². The Bertz CT molecular complexity index is 743. The van der Waals surface area contributed by atoms with Crippen LogP contribution in [0.1, 0.15) is 48.9 Å². The van der Waals surface area contributed by atoms with E-state index in [-0.39, 0.29) is 17.4 Å². The number of benzene rings is 2. The van der Waals surface area contributed by atoms with E-state index in [4.69, 9.17) is 5.73 Å². The number of alkyl halides is 3. The molecule has 2 N–H and O–H groups in total. The summed E-state index contributed by atoms with van der Waals surface area (Å²) in [6, 6.07) is 12.6. The van der Waals surface area contributed by atoms with Gasteiger partial charge < -0.3 is 5.73 Å². The summed E-state index contributed by atoms with van der Waals surface area (Å²) < 4.78 is 39.7. The van der Waals surface area contributed by atoms with E-state index in [1.807, 2.05) is 24.3 Å². The first-order chi connectivity index (χ1) is 11.5. The van der Waals surface area contributed by atoms with Crippen LogP contribution >= 0.6 is 0 Å². The molecule has 2 nitrogen and oxygen atoms in total. The van der Waals surface area contributed by atoms with E-state index in [0.717, 1.165) is 17.2 Å². The second-order valence-corrected chi connectivity index (χ2v) is 7.19. The molecule has 2 aromatic rings. The minimum Gasteiger partial charge on any atom is -0.369 e. The van der Waals surface area contributed by atoms with E-state index in [1.54, 1.807) is 0 Å². The average molecular weight is 349 g/mol. The van der Waals surface area contributed by atoms with Crippen molar-refractivity contribution in [3.63, 3.8) is 0 Å². The van der Waals surface area contributed by atoms with Gasteiger partial charge in [0.2, 0.25) is 5.91 Å². The van der Waals surface area contributed by atoms with Gasteiger partial charge in [-0.25, -0.2) is 0 Å². The fraction of sp³-hybridized carbons (Fsp3) is 0.350. The zero-order valence-electron chi connectivity index (χ0n) is 14.5. The molecule has 2 aromatic carbocycles. The maximum absolute atomic E-state index is 13.2. The normalized spacial score (nSPS) is 13.5. The van der Waals surface area contributed by atoms with E-state index in [2.05, 4.69) is 20.8 Å². The Balaban J connectivity index is 2.37. The summed E-state index contributed by atoms with van der Waals surface area (Å²) in [5.74, 6) is -1.80. The molecule has 0 heterocycles. The molecule has 2 rings (SSSR count). The quantitative estimate of drug-likeness (QED) is 0.845. The van der Waals surface area contributed by atoms with Crippen LogP contribution in [0.2, 0.25) is 0 Å². The van der Waals surface area contributed by atoms with Crippen LogP contribution in [0.4, 0.5) is 13.2 Å². The Kier molecular flexibility index (Phi) is 5.26. The molecule has 134 valence electrons. The number of hydrogen-bond donors (Lipinski definition) is 1. The molecule has 0 aromatic heterocycles. The first-order valence-corrected chi connectivity index (χ1v) is 8.05. The molecule has 0 aliphatic rings. The van der Waals surface area contributed by atoms with Crippen molar-refractivity contribution in [1.29, 1.82) is 0 Å². The summed E-state index contributed by atoms with van der Waals surface area (Å²) in [6.45, 7) is 6.23. The van der Waals surface area contributed by atoms with Crippen LogP contribution in [0.15, 0.2) is 48.5 Å². The highest BCUT2D eigenvalue weighted by atomic mass is 19.4. The number of carbonyl (C=O) groups is 1. The second kappa shape index (κ2) is 6.90. The Hall–Kier alpha value is -2.30. The number of nitrogens with two attached hydrogens (primary N) is 1. The monoisotopic (exact) mass is 349 g/mol. The highest BCUT2D eigenvalue weighted by molar-refractivity contribution is 5.82. The summed E-state index contributed by atoms with van der Waals surface area (Å²) in [5.41, 5.74) is 6.39. The standard InChI is InChI=1S/C20H22F3NO/c1-19(2,3)14-10-8-13(9-11-14)12-16(18(24)25)15-6-4-5-7-17(15)20(21,22)23/h4-11,16H,12H2,1-3H3,(H2,24,25). The van der Waals surface area contributed by atoms with Crippen molar-refractivity contribution in [1.82, 2.24) is 0 Å². The number of halogens is 3. The summed E-state index contributed by atoms with van der Waals surface area (Å²) in [4.78, 5) is 11.9. The van der Waals surface area contributed by atoms with Crippen molar-refractivity contribution in [2.24, 2.45) is 5.73 Å². The van der Waals surface area contributed by atoms with Crippen molar-refractivity contribution < 1.29 is 18.0 Å². The zero-order chi connectivity index (χ0) is 18.8. The van der Waals surface area contributed by atoms with Gasteiger partial charge in [0.15, 0.2) is 0 Å². The number of primary amides is 1. The van der Waals surface area contributed by atoms with Crippen LogP contribution < -0.4 is 5.73 Å². The molecule has 0 fully saturated rings. The van der Waals surface area contributed by atoms with E-state index < -0.39 is 23.6 Å². The molecule has 0 aliphatic carbocycles. The Morgan fingerprint density at radius 2 is 1.56 bits per heavy atom. The highest BCUT2D eigenvalue weighted by Gasteiger charge is 2.36. The maximum atomic E-state index is 13.2. The van der Waals surface area contributed by atoms with E-state index in [1.165, 1.54) is 18.2 Å². The predicted octanol–water partition coefficient (Wildman–Crippen LogP) is 4.81. The summed E-state index contributed by atoms with van der Waals surface area (Å²) >= 11 is 0. The lowest BCUT2D eigenvalue weighted by atomic mass is 9.84. The smallest absolute Gasteiger partial charge is 0.369 e. The van der Waals surface area contributed by atoms with Crippen LogP contribution in [0.5, 0.6) is 0 Å². The van der Waals surface area contributed by atoms with Crippen molar-refractivity contribution >= 4 is 5.91 Å². The maximum Gasteiger partial charge on any atom is 0.416 e. The number of amides is 1. The van der Waals surface area contributed by atoms with Gasteiger partial charge in [-0.05, 0) is 34.6 Å². The van der Waals surface area contributed by atoms with Crippen molar-refractivity contribution in [2.75, 3.05) is 0 Å². The van der Waals surface area contributed by atoms with Crippen LogP contribution in [0.25, 0.3) is 0 Å².